The van der Waals surface area contributed by atoms with Crippen molar-refractivity contribution >= 4 is 16.0 Å². The van der Waals surface area contributed by atoms with Gasteiger partial charge in [-0.3, -0.25) is 4.79 Å². The molecule has 0 fully saturated rings. The lowest BCUT2D eigenvalue weighted by molar-refractivity contribution is 0.0963. The van der Waals surface area contributed by atoms with E-state index in [2.05, 4.69) is 10.3 Å². The van der Waals surface area contributed by atoms with E-state index in [-0.39, 0.29) is 16.6 Å². The maximum absolute atomic E-state index is 12.4. The summed E-state index contributed by atoms with van der Waals surface area (Å²) in [6.07, 6.45) is 1.61. The summed E-state index contributed by atoms with van der Waals surface area (Å²) in [5.74, 6) is 0.755. The molecule has 1 N–H and O–H groups in total. The average Bonchev–Trinajstić information content (AvgIpc) is 2.69. The van der Waals surface area contributed by atoms with E-state index < -0.39 is 10.1 Å². The standard InChI is InChI=1S/C19H16N2O5S/c1-20-19(22)14-5-11-17(12-6-14)27(23,24)26-16-9-7-15(8-10-16)25-18-4-2-3-13-21-18/h2-13H,1H3,(H,20,22). The predicted molar refractivity (Wildman–Crippen MR) is 98.4 cm³/mol. The molecule has 1 heterocycles. The third kappa shape index (κ3) is 4.62. The van der Waals surface area contributed by atoms with Crippen molar-refractivity contribution in [2.24, 2.45) is 0 Å². The number of aromatic nitrogens is 1. The van der Waals surface area contributed by atoms with E-state index >= 15 is 0 Å². The second kappa shape index (κ2) is 7.88. The maximum Gasteiger partial charge on any atom is 0.339 e. The van der Waals surface area contributed by atoms with Gasteiger partial charge in [-0.1, -0.05) is 6.07 Å². The van der Waals surface area contributed by atoms with Gasteiger partial charge in [0.05, 0.1) is 0 Å². The number of carbonyl (C=O) groups is 1. The third-order valence-electron chi connectivity index (χ3n) is 3.52. The molecule has 0 unspecified atom stereocenters. The van der Waals surface area contributed by atoms with Crippen LogP contribution in [0.3, 0.4) is 0 Å². The van der Waals surface area contributed by atoms with Crippen LogP contribution in [-0.4, -0.2) is 26.4 Å². The molecule has 1 aromatic heterocycles. The van der Waals surface area contributed by atoms with Crippen LogP contribution in [-0.2, 0) is 10.1 Å². The van der Waals surface area contributed by atoms with Gasteiger partial charge >= 0.3 is 10.1 Å². The van der Waals surface area contributed by atoms with E-state index in [4.69, 9.17) is 8.92 Å². The smallest absolute Gasteiger partial charge is 0.339 e. The van der Waals surface area contributed by atoms with Crippen LogP contribution in [0.2, 0.25) is 0 Å². The van der Waals surface area contributed by atoms with Crippen LogP contribution in [0, 0.1) is 0 Å². The quantitative estimate of drug-likeness (QED) is 0.657. The molecule has 3 aromatic rings. The molecule has 0 aliphatic heterocycles. The van der Waals surface area contributed by atoms with E-state index in [0.717, 1.165) is 0 Å². The number of rotatable bonds is 6. The number of nitrogens with one attached hydrogen (secondary N) is 1. The lowest BCUT2D eigenvalue weighted by Crippen LogP contribution is -2.18. The molecule has 27 heavy (non-hydrogen) atoms. The van der Waals surface area contributed by atoms with Crippen molar-refractivity contribution in [3.05, 3.63) is 78.5 Å². The van der Waals surface area contributed by atoms with Gasteiger partial charge in [0.1, 0.15) is 16.4 Å². The van der Waals surface area contributed by atoms with E-state index in [1.807, 2.05) is 0 Å². The fourth-order valence-corrected chi connectivity index (χ4v) is 3.11. The first-order valence-corrected chi connectivity index (χ1v) is 9.34. The zero-order chi connectivity index (χ0) is 19.3. The first kappa shape index (κ1) is 18.4. The molecule has 2 aromatic carbocycles. The number of carbonyl (C=O) groups excluding carboxylic acids is 1. The number of amides is 1. The molecular formula is C19H16N2O5S. The van der Waals surface area contributed by atoms with Crippen LogP contribution in [0.5, 0.6) is 17.4 Å². The normalized spacial score (nSPS) is 10.9. The fourth-order valence-electron chi connectivity index (χ4n) is 2.18. The van der Waals surface area contributed by atoms with E-state index in [9.17, 15) is 13.2 Å². The van der Waals surface area contributed by atoms with Gasteiger partial charge in [-0.15, -0.1) is 0 Å². The van der Waals surface area contributed by atoms with E-state index in [0.29, 0.717) is 17.2 Å². The van der Waals surface area contributed by atoms with Crippen molar-refractivity contribution < 1.29 is 22.1 Å². The molecule has 0 saturated heterocycles. The summed E-state index contributed by atoms with van der Waals surface area (Å²) in [7, 11) is -2.52. The van der Waals surface area contributed by atoms with Crippen LogP contribution in [0.1, 0.15) is 10.4 Å². The number of hydrogen-bond acceptors (Lipinski definition) is 6. The Kier molecular flexibility index (Phi) is 5.37. The molecule has 0 radical (unpaired) electrons. The number of pyridine rings is 1. The summed E-state index contributed by atoms with van der Waals surface area (Å²) >= 11 is 0. The van der Waals surface area contributed by atoms with Crippen molar-refractivity contribution in [1.29, 1.82) is 0 Å². The Balaban J connectivity index is 1.71. The summed E-state index contributed by atoms with van der Waals surface area (Å²) in [5.41, 5.74) is 0.354. The molecule has 0 bridgehead atoms. The highest BCUT2D eigenvalue weighted by molar-refractivity contribution is 7.87. The first-order valence-electron chi connectivity index (χ1n) is 7.93. The highest BCUT2D eigenvalue weighted by Gasteiger charge is 2.17. The molecule has 1 amide bonds. The molecule has 138 valence electrons. The minimum atomic E-state index is -4.02. The van der Waals surface area contributed by atoms with Gasteiger partial charge in [-0.2, -0.15) is 8.42 Å². The molecular weight excluding hydrogens is 368 g/mol. The van der Waals surface area contributed by atoms with Crippen molar-refractivity contribution in [2.75, 3.05) is 7.05 Å². The molecule has 0 saturated carbocycles. The summed E-state index contributed by atoms with van der Waals surface area (Å²) < 4.78 is 35.4. The van der Waals surface area contributed by atoms with Crippen LogP contribution >= 0.6 is 0 Å². The predicted octanol–water partition coefficient (Wildman–Crippen LogP) is 3.00. The third-order valence-corrected chi connectivity index (χ3v) is 4.78. The molecule has 0 aliphatic carbocycles. The van der Waals surface area contributed by atoms with Crippen molar-refractivity contribution in [3.63, 3.8) is 0 Å². The second-order valence-electron chi connectivity index (χ2n) is 5.38. The molecule has 7 nitrogen and oxygen atoms in total. The summed E-state index contributed by atoms with van der Waals surface area (Å²) in [6.45, 7) is 0. The highest BCUT2D eigenvalue weighted by Crippen LogP contribution is 2.24. The van der Waals surface area contributed by atoms with Crippen molar-refractivity contribution in [1.82, 2.24) is 10.3 Å². The fraction of sp³-hybridized carbons (Fsp3) is 0.0526. The molecule has 8 heteroatoms. The molecule has 0 atom stereocenters. The monoisotopic (exact) mass is 384 g/mol. The Hall–Kier alpha value is -3.39. The van der Waals surface area contributed by atoms with Gasteiger partial charge in [0.25, 0.3) is 5.91 Å². The summed E-state index contributed by atoms with van der Waals surface area (Å²) in [5, 5.41) is 2.47. The van der Waals surface area contributed by atoms with Crippen LogP contribution in [0.25, 0.3) is 0 Å². The Morgan fingerprint density at radius 2 is 1.59 bits per heavy atom. The molecule has 3 rings (SSSR count). The lowest BCUT2D eigenvalue weighted by Gasteiger charge is -2.09. The Labute approximate surface area is 156 Å². The topological polar surface area (TPSA) is 94.6 Å². The van der Waals surface area contributed by atoms with Crippen LogP contribution < -0.4 is 14.2 Å². The zero-order valence-corrected chi connectivity index (χ0v) is 15.1. The zero-order valence-electron chi connectivity index (χ0n) is 14.3. The number of hydrogen-bond donors (Lipinski definition) is 1. The SMILES string of the molecule is CNC(=O)c1ccc(S(=O)(=O)Oc2ccc(Oc3ccccn3)cc2)cc1. The summed E-state index contributed by atoms with van der Waals surface area (Å²) in [6, 6.07) is 16.9. The van der Waals surface area contributed by atoms with Crippen molar-refractivity contribution in [3.8, 4) is 17.4 Å². The Morgan fingerprint density at radius 3 is 2.19 bits per heavy atom. The van der Waals surface area contributed by atoms with Gasteiger partial charge in [0, 0.05) is 24.9 Å². The molecule has 0 spiro atoms. The highest BCUT2D eigenvalue weighted by atomic mass is 32.2. The lowest BCUT2D eigenvalue weighted by atomic mass is 10.2. The second-order valence-corrected chi connectivity index (χ2v) is 6.93. The minimum Gasteiger partial charge on any atom is -0.439 e. The van der Waals surface area contributed by atoms with Crippen LogP contribution in [0.4, 0.5) is 0 Å². The number of ether oxygens (including phenoxy) is 1. The van der Waals surface area contributed by atoms with E-state index in [1.165, 1.54) is 43.4 Å². The molecule has 0 aliphatic rings. The first-order chi connectivity index (χ1) is 13.0. The van der Waals surface area contributed by atoms with Gasteiger partial charge in [-0.25, -0.2) is 4.98 Å². The van der Waals surface area contributed by atoms with Crippen LogP contribution in [0.15, 0.2) is 77.8 Å². The minimum absolute atomic E-state index is 0.0519. The summed E-state index contributed by atoms with van der Waals surface area (Å²) in [4.78, 5) is 15.5. The Bertz CT molecular complexity index is 1020. The van der Waals surface area contributed by atoms with E-state index in [1.54, 1.807) is 36.5 Å². The van der Waals surface area contributed by atoms with Gasteiger partial charge in [0.2, 0.25) is 5.88 Å². The largest absolute Gasteiger partial charge is 0.439 e. The van der Waals surface area contributed by atoms with Crippen molar-refractivity contribution in [2.45, 2.75) is 4.90 Å². The number of benzene rings is 2. The Morgan fingerprint density at radius 1 is 0.926 bits per heavy atom. The maximum atomic E-state index is 12.4. The number of nitrogens with zero attached hydrogens (tertiary/aromatic N) is 1. The average molecular weight is 384 g/mol. The van der Waals surface area contributed by atoms with Gasteiger partial charge < -0.3 is 14.2 Å². The van der Waals surface area contributed by atoms with Gasteiger partial charge in [-0.05, 0) is 54.6 Å². The van der Waals surface area contributed by atoms with Gasteiger partial charge in [0.15, 0.2) is 0 Å².